The fourth-order valence-corrected chi connectivity index (χ4v) is 1.44. The molecule has 3 nitrogen and oxygen atoms in total. The summed E-state index contributed by atoms with van der Waals surface area (Å²) in [6.07, 6.45) is 1.25. The second-order valence-corrected chi connectivity index (χ2v) is 3.80. The molecule has 1 rings (SSSR count). The van der Waals surface area contributed by atoms with E-state index in [1.165, 1.54) is 6.07 Å². The zero-order valence-electron chi connectivity index (χ0n) is 9.45. The van der Waals surface area contributed by atoms with Crippen LogP contribution in [0.3, 0.4) is 0 Å². The third kappa shape index (κ3) is 3.79. The van der Waals surface area contributed by atoms with Crippen LogP contribution < -0.4 is 10.5 Å². The van der Waals surface area contributed by atoms with Crippen molar-refractivity contribution in [1.82, 2.24) is 0 Å². The molecule has 0 aliphatic rings. The molecule has 0 amide bonds. The van der Waals surface area contributed by atoms with E-state index in [9.17, 15) is 4.39 Å². The lowest BCUT2D eigenvalue weighted by Gasteiger charge is -2.12. The molecule has 0 spiro atoms. The first-order valence-corrected chi connectivity index (χ1v) is 5.41. The molecule has 0 aliphatic heterocycles. The second-order valence-electron chi connectivity index (χ2n) is 3.80. The van der Waals surface area contributed by atoms with Crippen LogP contribution in [0.5, 0.6) is 5.75 Å². The number of halogens is 1. The molecule has 0 aliphatic carbocycles. The maximum Gasteiger partial charge on any atom is 0.130 e. The van der Waals surface area contributed by atoms with Gasteiger partial charge in [0, 0.05) is 11.6 Å². The van der Waals surface area contributed by atoms with Crippen molar-refractivity contribution in [1.29, 1.82) is 0 Å². The van der Waals surface area contributed by atoms with Crippen molar-refractivity contribution in [3.05, 3.63) is 29.6 Å². The lowest BCUT2D eigenvalue weighted by atomic mass is 10.0. The van der Waals surface area contributed by atoms with Crippen molar-refractivity contribution in [3.63, 3.8) is 0 Å². The molecule has 3 N–H and O–H groups in total. The molecule has 0 saturated carbocycles. The van der Waals surface area contributed by atoms with Gasteiger partial charge in [-0.15, -0.1) is 0 Å². The number of ether oxygens (including phenoxy) is 1. The summed E-state index contributed by atoms with van der Waals surface area (Å²) < 4.78 is 18.8. The van der Waals surface area contributed by atoms with Gasteiger partial charge in [0.2, 0.25) is 0 Å². The fourth-order valence-electron chi connectivity index (χ4n) is 1.44. The van der Waals surface area contributed by atoms with Gasteiger partial charge in [0.1, 0.15) is 18.2 Å². The van der Waals surface area contributed by atoms with Crippen LogP contribution >= 0.6 is 0 Å². The van der Waals surface area contributed by atoms with Crippen molar-refractivity contribution in [2.75, 3.05) is 13.2 Å². The predicted octanol–water partition coefficient (Wildman–Crippen LogP) is 1.48. The summed E-state index contributed by atoms with van der Waals surface area (Å²) >= 11 is 0. The summed E-state index contributed by atoms with van der Waals surface area (Å²) in [5.41, 5.74) is 6.17. The van der Waals surface area contributed by atoms with E-state index in [0.29, 0.717) is 24.2 Å². The molecule has 0 aromatic heterocycles. The molecular formula is C12H18FNO2. The van der Waals surface area contributed by atoms with E-state index in [-0.39, 0.29) is 25.1 Å². The molecule has 4 heteroatoms. The number of nitrogens with two attached hydrogens (primary N) is 1. The lowest BCUT2D eigenvalue weighted by Crippen LogP contribution is -2.16. The Morgan fingerprint density at radius 1 is 1.50 bits per heavy atom. The molecule has 90 valence electrons. The summed E-state index contributed by atoms with van der Waals surface area (Å²) in [5, 5.41) is 8.67. The number of aliphatic hydroxyl groups excluding tert-OH is 1. The summed E-state index contributed by atoms with van der Waals surface area (Å²) in [5.74, 6) is 0.214. The van der Waals surface area contributed by atoms with Gasteiger partial charge in [-0.05, 0) is 31.9 Å². The minimum absolute atomic E-state index is 0.0327. The van der Waals surface area contributed by atoms with Crippen molar-refractivity contribution in [2.24, 2.45) is 5.73 Å². The Morgan fingerprint density at radius 2 is 2.25 bits per heavy atom. The van der Waals surface area contributed by atoms with Gasteiger partial charge >= 0.3 is 0 Å². The van der Waals surface area contributed by atoms with E-state index in [2.05, 4.69) is 0 Å². The van der Waals surface area contributed by atoms with Crippen molar-refractivity contribution >= 4 is 0 Å². The molecular weight excluding hydrogens is 209 g/mol. The van der Waals surface area contributed by atoms with Gasteiger partial charge in [0.25, 0.3) is 0 Å². The highest BCUT2D eigenvalue weighted by molar-refractivity contribution is 5.34. The monoisotopic (exact) mass is 227 g/mol. The van der Waals surface area contributed by atoms with Crippen LogP contribution in [0.15, 0.2) is 18.2 Å². The van der Waals surface area contributed by atoms with Crippen LogP contribution in [0, 0.1) is 5.82 Å². The second kappa shape index (κ2) is 6.45. The van der Waals surface area contributed by atoms with E-state index < -0.39 is 0 Å². The van der Waals surface area contributed by atoms with Crippen LogP contribution in [0.1, 0.15) is 18.9 Å². The van der Waals surface area contributed by atoms with Crippen molar-refractivity contribution < 1.29 is 14.2 Å². The van der Waals surface area contributed by atoms with Crippen molar-refractivity contribution in [3.8, 4) is 5.75 Å². The highest BCUT2D eigenvalue weighted by Gasteiger charge is 2.10. The lowest BCUT2D eigenvalue weighted by molar-refractivity contribution is 0.199. The highest BCUT2D eigenvalue weighted by Crippen LogP contribution is 2.23. The van der Waals surface area contributed by atoms with Crippen LogP contribution in [0.2, 0.25) is 0 Å². The first kappa shape index (κ1) is 12.9. The van der Waals surface area contributed by atoms with E-state index in [1.807, 2.05) is 6.92 Å². The zero-order chi connectivity index (χ0) is 12.0. The molecule has 0 unspecified atom stereocenters. The Morgan fingerprint density at radius 3 is 2.88 bits per heavy atom. The minimum atomic E-state index is -0.281. The highest BCUT2D eigenvalue weighted by atomic mass is 19.1. The van der Waals surface area contributed by atoms with E-state index in [0.717, 1.165) is 0 Å². The molecule has 1 aromatic rings. The SMILES string of the molecule is C[C@@H](N)CCc1c(F)cccc1OCCO. The Bertz CT molecular complexity index is 329. The number of aliphatic hydroxyl groups is 1. The van der Waals surface area contributed by atoms with E-state index >= 15 is 0 Å². The van der Waals surface area contributed by atoms with E-state index in [1.54, 1.807) is 12.1 Å². The summed E-state index contributed by atoms with van der Waals surface area (Å²) in [6, 6.07) is 4.74. The molecule has 16 heavy (non-hydrogen) atoms. The summed E-state index contributed by atoms with van der Waals surface area (Å²) in [7, 11) is 0. The fraction of sp³-hybridized carbons (Fsp3) is 0.500. The van der Waals surface area contributed by atoms with Crippen LogP contribution in [0.4, 0.5) is 4.39 Å². The van der Waals surface area contributed by atoms with Gasteiger partial charge in [0.15, 0.2) is 0 Å². The standard InChI is InChI=1S/C12H18FNO2/c1-9(14)5-6-10-11(13)3-2-4-12(10)16-8-7-15/h2-4,9,15H,5-8,14H2,1H3/t9-/m1/s1. The third-order valence-electron chi connectivity index (χ3n) is 2.27. The molecule has 0 saturated heterocycles. The Balaban J connectivity index is 2.77. The average Bonchev–Trinajstić information content (AvgIpc) is 2.24. The largest absolute Gasteiger partial charge is 0.491 e. The van der Waals surface area contributed by atoms with Crippen LogP contribution in [-0.2, 0) is 6.42 Å². The molecule has 0 heterocycles. The zero-order valence-corrected chi connectivity index (χ0v) is 9.45. The van der Waals surface area contributed by atoms with Crippen LogP contribution in [0.25, 0.3) is 0 Å². The Kier molecular flexibility index (Phi) is 5.22. The predicted molar refractivity (Wildman–Crippen MR) is 61.0 cm³/mol. The van der Waals surface area contributed by atoms with Crippen LogP contribution in [-0.4, -0.2) is 24.4 Å². The number of benzene rings is 1. The maximum atomic E-state index is 13.5. The molecule has 0 fully saturated rings. The van der Waals surface area contributed by atoms with E-state index in [4.69, 9.17) is 15.6 Å². The molecule has 1 atom stereocenters. The van der Waals surface area contributed by atoms with Gasteiger partial charge < -0.3 is 15.6 Å². The normalized spacial score (nSPS) is 12.5. The Labute approximate surface area is 95.0 Å². The topological polar surface area (TPSA) is 55.5 Å². The van der Waals surface area contributed by atoms with Gasteiger partial charge in [-0.25, -0.2) is 4.39 Å². The third-order valence-corrected chi connectivity index (χ3v) is 2.27. The summed E-state index contributed by atoms with van der Waals surface area (Å²) in [6.45, 7) is 1.98. The van der Waals surface area contributed by atoms with Crippen molar-refractivity contribution in [2.45, 2.75) is 25.8 Å². The number of hydrogen-bond donors (Lipinski definition) is 2. The van der Waals surface area contributed by atoms with Gasteiger partial charge in [-0.2, -0.15) is 0 Å². The smallest absolute Gasteiger partial charge is 0.130 e. The summed E-state index contributed by atoms with van der Waals surface area (Å²) in [4.78, 5) is 0. The Hall–Kier alpha value is -1.13. The van der Waals surface area contributed by atoms with Gasteiger partial charge in [0.05, 0.1) is 6.61 Å². The van der Waals surface area contributed by atoms with Gasteiger partial charge in [-0.1, -0.05) is 6.07 Å². The van der Waals surface area contributed by atoms with Gasteiger partial charge in [-0.3, -0.25) is 0 Å². The number of rotatable bonds is 6. The average molecular weight is 227 g/mol. The quantitative estimate of drug-likeness (QED) is 0.774. The maximum absolute atomic E-state index is 13.5. The molecule has 0 bridgehead atoms. The molecule has 1 aromatic carbocycles. The first-order valence-electron chi connectivity index (χ1n) is 5.41. The minimum Gasteiger partial charge on any atom is -0.491 e. The molecule has 0 radical (unpaired) electrons. The number of hydrogen-bond acceptors (Lipinski definition) is 3. The first-order chi connectivity index (χ1) is 7.65.